The molecule has 1 aliphatic carbocycles. The van der Waals surface area contributed by atoms with Gasteiger partial charge in [-0.25, -0.2) is 0 Å². The third kappa shape index (κ3) is 4.71. The smallest absolute Gasteiger partial charge is 0.0593 e. The Balaban J connectivity index is 1.95. The quantitative estimate of drug-likeness (QED) is 0.810. The summed E-state index contributed by atoms with van der Waals surface area (Å²) in [7, 11) is 0. The Bertz CT molecular complexity index is 251. The van der Waals surface area contributed by atoms with Gasteiger partial charge in [0, 0.05) is 31.8 Å². The molecule has 0 spiro atoms. The average molecular weight is 282 g/mol. The topological polar surface area (TPSA) is 24.5 Å². The Morgan fingerprint density at radius 2 is 2.00 bits per heavy atom. The second kappa shape index (κ2) is 9.01. The molecule has 2 fully saturated rings. The van der Waals surface area contributed by atoms with Crippen LogP contribution in [0.15, 0.2) is 0 Å². The molecule has 0 amide bonds. The van der Waals surface area contributed by atoms with Crippen LogP contribution < -0.4 is 5.32 Å². The molecule has 0 aromatic rings. The van der Waals surface area contributed by atoms with E-state index in [1.165, 1.54) is 58.0 Å². The zero-order valence-corrected chi connectivity index (χ0v) is 13.6. The lowest BCUT2D eigenvalue weighted by Gasteiger charge is -2.43. The normalized spacial score (nSPS) is 33.0. The van der Waals surface area contributed by atoms with Crippen LogP contribution in [0.1, 0.15) is 58.8 Å². The van der Waals surface area contributed by atoms with Gasteiger partial charge >= 0.3 is 0 Å². The molecule has 0 bridgehead atoms. The van der Waals surface area contributed by atoms with Gasteiger partial charge in [-0.05, 0) is 44.6 Å². The summed E-state index contributed by atoms with van der Waals surface area (Å²) in [6.45, 7) is 10.0. The molecule has 0 radical (unpaired) electrons. The molecule has 20 heavy (non-hydrogen) atoms. The minimum Gasteiger partial charge on any atom is -0.380 e. The second-order valence-electron chi connectivity index (χ2n) is 6.60. The number of nitrogens with zero attached hydrogens (tertiary/aromatic N) is 1. The van der Waals surface area contributed by atoms with Crippen LogP contribution in [0.4, 0.5) is 0 Å². The van der Waals surface area contributed by atoms with Gasteiger partial charge in [-0.15, -0.1) is 0 Å². The van der Waals surface area contributed by atoms with Gasteiger partial charge in [-0.2, -0.15) is 0 Å². The van der Waals surface area contributed by atoms with Crippen LogP contribution in [-0.2, 0) is 4.74 Å². The molecule has 1 saturated heterocycles. The molecule has 3 atom stereocenters. The maximum absolute atomic E-state index is 5.64. The number of nitrogens with one attached hydrogen (secondary N) is 1. The first-order valence-corrected chi connectivity index (χ1v) is 8.90. The summed E-state index contributed by atoms with van der Waals surface area (Å²) in [5, 5.41) is 3.82. The second-order valence-corrected chi connectivity index (χ2v) is 6.60. The Morgan fingerprint density at radius 3 is 2.80 bits per heavy atom. The van der Waals surface area contributed by atoms with Crippen LogP contribution >= 0.6 is 0 Å². The minimum atomic E-state index is 0.709. The van der Waals surface area contributed by atoms with Crippen molar-refractivity contribution >= 4 is 0 Å². The first kappa shape index (κ1) is 16.3. The molecule has 2 rings (SSSR count). The van der Waals surface area contributed by atoms with Crippen molar-refractivity contribution in [1.82, 2.24) is 10.2 Å². The van der Waals surface area contributed by atoms with Crippen LogP contribution in [0.25, 0.3) is 0 Å². The van der Waals surface area contributed by atoms with Crippen molar-refractivity contribution in [2.75, 3.05) is 32.8 Å². The van der Waals surface area contributed by atoms with E-state index in [2.05, 4.69) is 24.1 Å². The molecule has 2 aliphatic rings. The highest BCUT2D eigenvalue weighted by atomic mass is 16.5. The molecule has 1 N–H and O–H groups in total. The Morgan fingerprint density at radius 1 is 1.10 bits per heavy atom. The Labute approximate surface area is 125 Å². The summed E-state index contributed by atoms with van der Waals surface area (Å²) in [6, 6.07) is 1.45. The number of hydrogen-bond donors (Lipinski definition) is 1. The highest BCUT2D eigenvalue weighted by Gasteiger charge is 2.33. The first-order valence-electron chi connectivity index (χ1n) is 8.90. The zero-order valence-electron chi connectivity index (χ0n) is 13.6. The summed E-state index contributed by atoms with van der Waals surface area (Å²) in [5.41, 5.74) is 0. The zero-order chi connectivity index (χ0) is 14.2. The molecule has 118 valence electrons. The largest absolute Gasteiger partial charge is 0.380 e. The van der Waals surface area contributed by atoms with E-state index < -0.39 is 0 Å². The van der Waals surface area contributed by atoms with E-state index in [1.54, 1.807) is 0 Å². The van der Waals surface area contributed by atoms with Gasteiger partial charge in [0.2, 0.25) is 0 Å². The van der Waals surface area contributed by atoms with Gasteiger partial charge in [-0.1, -0.05) is 26.7 Å². The molecule has 3 nitrogen and oxygen atoms in total. The molecule has 0 aromatic carbocycles. The third-order valence-electron chi connectivity index (χ3n) is 5.00. The number of hydrogen-bond acceptors (Lipinski definition) is 3. The van der Waals surface area contributed by atoms with E-state index in [0.717, 1.165) is 31.7 Å². The molecule has 1 aliphatic heterocycles. The predicted octanol–water partition coefficient (Wildman–Crippen LogP) is 3.05. The van der Waals surface area contributed by atoms with Crippen LogP contribution in [-0.4, -0.2) is 49.8 Å². The molecular formula is C17H34N2O. The van der Waals surface area contributed by atoms with Crippen molar-refractivity contribution < 1.29 is 4.74 Å². The molecule has 1 saturated carbocycles. The van der Waals surface area contributed by atoms with E-state index in [9.17, 15) is 0 Å². The SMILES string of the molecule is CCCNC1CCC(CCC)CC1N1CCCOCC1. The van der Waals surface area contributed by atoms with Gasteiger partial charge in [0.15, 0.2) is 0 Å². The van der Waals surface area contributed by atoms with Crippen LogP contribution in [0.3, 0.4) is 0 Å². The fraction of sp³-hybridized carbons (Fsp3) is 1.00. The van der Waals surface area contributed by atoms with Crippen LogP contribution in [0.5, 0.6) is 0 Å². The summed E-state index contributed by atoms with van der Waals surface area (Å²) >= 11 is 0. The van der Waals surface area contributed by atoms with E-state index in [4.69, 9.17) is 4.74 Å². The predicted molar refractivity (Wildman–Crippen MR) is 85.1 cm³/mol. The van der Waals surface area contributed by atoms with E-state index in [1.807, 2.05) is 0 Å². The van der Waals surface area contributed by atoms with Crippen molar-refractivity contribution in [2.45, 2.75) is 70.9 Å². The molecule has 0 aromatic heterocycles. The van der Waals surface area contributed by atoms with Crippen molar-refractivity contribution in [1.29, 1.82) is 0 Å². The van der Waals surface area contributed by atoms with Gasteiger partial charge in [-0.3, -0.25) is 4.90 Å². The van der Waals surface area contributed by atoms with Crippen molar-refractivity contribution in [2.24, 2.45) is 5.92 Å². The number of ether oxygens (including phenoxy) is 1. The molecule has 1 heterocycles. The maximum atomic E-state index is 5.64. The lowest BCUT2D eigenvalue weighted by Crippen LogP contribution is -2.54. The van der Waals surface area contributed by atoms with Gasteiger partial charge < -0.3 is 10.1 Å². The summed E-state index contributed by atoms with van der Waals surface area (Å²) in [4.78, 5) is 2.72. The van der Waals surface area contributed by atoms with Crippen molar-refractivity contribution in [3.63, 3.8) is 0 Å². The van der Waals surface area contributed by atoms with Crippen LogP contribution in [0.2, 0.25) is 0 Å². The summed E-state index contributed by atoms with van der Waals surface area (Å²) in [5.74, 6) is 0.953. The monoisotopic (exact) mass is 282 g/mol. The molecule has 3 unspecified atom stereocenters. The van der Waals surface area contributed by atoms with Crippen molar-refractivity contribution in [3.05, 3.63) is 0 Å². The highest BCUT2D eigenvalue weighted by molar-refractivity contribution is 4.91. The molecule has 3 heteroatoms. The van der Waals surface area contributed by atoms with Crippen molar-refractivity contribution in [3.8, 4) is 0 Å². The third-order valence-corrected chi connectivity index (χ3v) is 5.00. The lowest BCUT2D eigenvalue weighted by atomic mass is 9.79. The van der Waals surface area contributed by atoms with E-state index >= 15 is 0 Å². The Kier molecular flexibility index (Phi) is 7.32. The average Bonchev–Trinajstić information content (AvgIpc) is 2.75. The minimum absolute atomic E-state index is 0.709. The summed E-state index contributed by atoms with van der Waals surface area (Å²) < 4.78 is 5.64. The van der Waals surface area contributed by atoms with Crippen LogP contribution in [0, 0.1) is 5.92 Å². The maximum Gasteiger partial charge on any atom is 0.0593 e. The highest BCUT2D eigenvalue weighted by Crippen LogP contribution is 2.31. The fourth-order valence-electron chi connectivity index (χ4n) is 3.97. The van der Waals surface area contributed by atoms with Gasteiger partial charge in [0.1, 0.15) is 0 Å². The van der Waals surface area contributed by atoms with Gasteiger partial charge in [0.05, 0.1) is 6.61 Å². The van der Waals surface area contributed by atoms with Gasteiger partial charge in [0.25, 0.3) is 0 Å². The first-order chi connectivity index (χ1) is 9.85. The standard InChI is InChI=1S/C17H34N2O/c1-3-6-15-7-8-16(18-9-4-2)17(14-15)19-10-5-12-20-13-11-19/h15-18H,3-14H2,1-2H3. The molecular weight excluding hydrogens is 248 g/mol. The fourth-order valence-corrected chi connectivity index (χ4v) is 3.97. The lowest BCUT2D eigenvalue weighted by molar-refractivity contribution is 0.0846. The summed E-state index contributed by atoms with van der Waals surface area (Å²) in [6.07, 6.45) is 9.40. The Hall–Kier alpha value is -0.120. The van der Waals surface area contributed by atoms with E-state index in [-0.39, 0.29) is 0 Å². The number of rotatable bonds is 6. The van der Waals surface area contributed by atoms with E-state index in [0.29, 0.717) is 6.04 Å².